The topological polar surface area (TPSA) is 60.9 Å². The van der Waals surface area contributed by atoms with Gasteiger partial charge in [-0.15, -0.1) is 5.10 Å². The van der Waals surface area contributed by atoms with Gasteiger partial charge in [-0.3, -0.25) is 0 Å². The lowest BCUT2D eigenvalue weighted by Crippen LogP contribution is -2.01. The van der Waals surface area contributed by atoms with Crippen LogP contribution in [0.5, 0.6) is 0 Å². The molecular formula is C14H8ClF2N3O2. The maximum absolute atomic E-state index is 12.6. The fraction of sp³-hybridized carbons (Fsp3) is 0.0714. The molecular weight excluding hydrogens is 316 g/mol. The van der Waals surface area contributed by atoms with Gasteiger partial charge in [0, 0.05) is 16.7 Å². The normalized spacial score (nSPS) is 11.1. The van der Waals surface area contributed by atoms with Crippen molar-refractivity contribution >= 4 is 11.6 Å². The molecule has 0 bridgehead atoms. The van der Waals surface area contributed by atoms with Gasteiger partial charge in [0.05, 0.1) is 11.9 Å². The highest BCUT2D eigenvalue weighted by Gasteiger charge is 2.16. The molecule has 22 heavy (non-hydrogen) atoms. The van der Waals surface area contributed by atoms with E-state index in [0.717, 1.165) is 6.20 Å². The second-order valence-electron chi connectivity index (χ2n) is 4.36. The Hall–Kier alpha value is -2.54. The van der Waals surface area contributed by atoms with Gasteiger partial charge in [-0.05, 0) is 24.3 Å². The highest BCUT2D eigenvalue weighted by Crippen LogP contribution is 2.29. The first-order chi connectivity index (χ1) is 10.5. The molecule has 3 aromatic rings. The largest absolute Gasteiger partial charge is 0.423 e. The molecule has 0 saturated heterocycles. The zero-order chi connectivity index (χ0) is 15.7. The van der Waals surface area contributed by atoms with E-state index in [4.69, 9.17) is 16.0 Å². The van der Waals surface area contributed by atoms with Crippen molar-refractivity contribution in [1.82, 2.24) is 15.0 Å². The van der Waals surface area contributed by atoms with Crippen LogP contribution in [0.15, 0.2) is 51.8 Å². The van der Waals surface area contributed by atoms with Crippen LogP contribution in [0.2, 0.25) is 5.02 Å². The standard InChI is InChI=1S/C14H8ClF2N3O2/c15-8-4-5-11(20-7-10(14(16)17)18-19-20)9(6-8)12-2-1-3-13(21)22-12/h1-7,14H. The summed E-state index contributed by atoms with van der Waals surface area (Å²) in [6.07, 6.45) is -1.61. The van der Waals surface area contributed by atoms with Gasteiger partial charge in [-0.1, -0.05) is 22.9 Å². The van der Waals surface area contributed by atoms with Crippen molar-refractivity contribution < 1.29 is 13.2 Å². The molecule has 112 valence electrons. The summed E-state index contributed by atoms with van der Waals surface area (Å²) in [5, 5.41) is 7.48. The van der Waals surface area contributed by atoms with Crippen molar-refractivity contribution in [2.24, 2.45) is 0 Å². The van der Waals surface area contributed by atoms with Crippen LogP contribution in [-0.4, -0.2) is 15.0 Å². The van der Waals surface area contributed by atoms with E-state index in [1.54, 1.807) is 24.3 Å². The Labute approximate surface area is 127 Å². The summed E-state index contributed by atoms with van der Waals surface area (Å²) in [6, 6.07) is 9.07. The Bertz CT molecular complexity index is 876. The van der Waals surface area contributed by atoms with Gasteiger partial charge in [0.25, 0.3) is 6.43 Å². The third kappa shape index (κ3) is 2.75. The van der Waals surface area contributed by atoms with Gasteiger partial charge in [-0.2, -0.15) is 0 Å². The van der Waals surface area contributed by atoms with Crippen molar-refractivity contribution in [2.45, 2.75) is 6.43 Å². The molecule has 0 radical (unpaired) electrons. The summed E-state index contributed by atoms with van der Waals surface area (Å²) in [5.74, 6) is 0.249. The average molecular weight is 324 g/mol. The summed E-state index contributed by atoms with van der Waals surface area (Å²) in [6.45, 7) is 0. The monoisotopic (exact) mass is 323 g/mol. The van der Waals surface area contributed by atoms with E-state index in [-0.39, 0.29) is 5.76 Å². The zero-order valence-corrected chi connectivity index (χ0v) is 11.7. The van der Waals surface area contributed by atoms with Gasteiger partial charge in [0.2, 0.25) is 0 Å². The number of alkyl halides is 2. The lowest BCUT2D eigenvalue weighted by Gasteiger charge is -2.08. The van der Waals surface area contributed by atoms with E-state index in [1.807, 2.05) is 0 Å². The summed E-state index contributed by atoms with van der Waals surface area (Å²) in [4.78, 5) is 11.4. The molecule has 0 amide bonds. The second kappa shape index (κ2) is 5.69. The van der Waals surface area contributed by atoms with Crippen LogP contribution in [0.1, 0.15) is 12.1 Å². The van der Waals surface area contributed by atoms with Crippen molar-refractivity contribution in [3.05, 3.63) is 63.7 Å². The van der Waals surface area contributed by atoms with E-state index in [0.29, 0.717) is 16.3 Å². The van der Waals surface area contributed by atoms with Crippen LogP contribution in [-0.2, 0) is 0 Å². The number of benzene rings is 1. The van der Waals surface area contributed by atoms with Crippen LogP contribution in [0.4, 0.5) is 8.78 Å². The second-order valence-corrected chi connectivity index (χ2v) is 4.80. The van der Waals surface area contributed by atoms with E-state index >= 15 is 0 Å². The molecule has 0 spiro atoms. The lowest BCUT2D eigenvalue weighted by molar-refractivity contribution is 0.146. The molecule has 0 aliphatic heterocycles. The predicted molar refractivity (Wildman–Crippen MR) is 75.3 cm³/mol. The first-order valence-corrected chi connectivity index (χ1v) is 6.53. The average Bonchev–Trinajstić information content (AvgIpc) is 2.97. The third-order valence-corrected chi connectivity index (χ3v) is 3.13. The molecule has 0 atom stereocenters. The number of halogens is 3. The van der Waals surface area contributed by atoms with E-state index in [2.05, 4.69) is 10.3 Å². The molecule has 0 aliphatic rings. The van der Waals surface area contributed by atoms with Crippen LogP contribution in [0.25, 0.3) is 17.0 Å². The van der Waals surface area contributed by atoms with Crippen LogP contribution >= 0.6 is 11.6 Å². The molecule has 1 aromatic carbocycles. The molecule has 0 fully saturated rings. The van der Waals surface area contributed by atoms with Crippen molar-refractivity contribution in [3.8, 4) is 17.0 Å². The van der Waals surface area contributed by atoms with Gasteiger partial charge in [0.1, 0.15) is 11.5 Å². The third-order valence-electron chi connectivity index (χ3n) is 2.90. The Balaban J connectivity index is 2.17. The fourth-order valence-corrected chi connectivity index (χ4v) is 2.11. The van der Waals surface area contributed by atoms with E-state index in [1.165, 1.54) is 16.8 Å². The van der Waals surface area contributed by atoms with Crippen molar-refractivity contribution in [1.29, 1.82) is 0 Å². The molecule has 5 nitrogen and oxygen atoms in total. The predicted octanol–water partition coefficient (Wildman–Crippen LogP) is 3.48. The Morgan fingerprint density at radius 3 is 2.73 bits per heavy atom. The van der Waals surface area contributed by atoms with E-state index in [9.17, 15) is 13.6 Å². The Morgan fingerprint density at radius 1 is 1.23 bits per heavy atom. The first-order valence-electron chi connectivity index (χ1n) is 6.15. The van der Waals surface area contributed by atoms with Crippen molar-refractivity contribution in [3.63, 3.8) is 0 Å². The molecule has 0 unspecified atom stereocenters. The molecule has 0 N–H and O–H groups in total. The minimum atomic E-state index is -2.72. The van der Waals surface area contributed by atoms with Crippen LogP contribution < -0.4 is 5.63 Å². The molecule has 2 aromatic heterocycles. The zero-order valence-electron chi connectivity index (χ0n) is 10.9. The number of aromatic nitrogens is 3. The number of rotatable bonds is 3. The minimum Gasteiger partial charge on any atom is -0.423 e. The van der Waals surface area contributed by atoms with Gasteiger partial charge in [0.15, 0.2) is 0 Å². The number of nitrogens with zero attached hydrogens (tertiary/aromatic N) is 3. The minimum absolute atomic E-state index is 0.249. The van der Waals surface area contributed by atoms with Crippen LogP contribution in [0.3, 0.4) is 0 Å². The SMILES string of the molecule is O=c1cccc(-c2cc(Cl)ccc2-n2cc(C(F)F)nn2)o1. The Morgan fingerprint density at radius 2 is 2.05 bits per heavy atom. The van der Waals surface area contributed by atoms with E-state index < -0.39 is 17.7 Å². The van der Waals surface area contributed by atoms with Crippen LogP contribution in [0, 0.1) is 0 Å². The highest BCUT2D eigenvalue weighted by molar-refractivity contribution is 6.31. The summed E-state index contributed by atoms with van der Waals surface area (Å²) in [5.41, 5.74) is -0.125. The lowest BCUT2D eigenvalue weighted by atomic mass is 10.1. The quantitative estimate of drug-likeness (QED) is 0.740. The molecule has 3 rings (SSSR count). The number of hydrogen-bond acceptors (Lipinski definition) is 4. The molecule has 0 aliphatic carbocycles. The number of hydrogen-bond donors (Lipinski definition) is 0. The van der Waals surface area contributed by atoms with Gasteiger partial charge < -0.3 is 4.42 Å². The van der Waals surface area contributed by atoms with Crippen molar-refractivity contribution in [2.75, 3.05) is 0 Å². The smallest absolute Gasteiger partial charge is 0.336 e. The maximum atomic E-state index is 12.6. The summed E-state index contributed by atoms with van der Waals surface area (Å²) in [7, 11) is 0. The fourth-order valence-electron chi connectivity index (χ4n) is 1.94. The highest BCUT2D eigenvalue weighted by atomic mass is 35.5. The van der Waals surface area contributed by atoms with Gasteiger partial charge >= 0.3 is 5.63 Å². The molecule has 8 heteroatoms. The van der Waals surface area contributed by atoms with Gasteiger partial charge in [-0.25, -0.2) is 18.3 Å². The summed E-state index contributed by atoms with van der Waals surface area (Å²) < 4.78 is 31.6. The molecule has 2 heterocycles. The summed E-state index contributed by atoms with van der Waals surface area (Å²) >= 11 is 5.96. The Kier molecular flexibility index (Phi) is 3.72. The first kappa shape index (κ1) is 14.4. The maximum Gasteiger partial charge on any atom is 0.336 e. The molecule has 0 saturated carbocycles.